The van der Waals surface area contributed by atoms with E-state index < -0.39 is 22.0 Å². The minimum atomic E-state index is -3.88. The molecule has 1 aromatic rings. The molecule has 2 rings (SSSR count). The van der Waals surface area contributed by atoms with Crippen molar-refractivity contribution in [3.63, 3.8) is 0 Å². The van der Waals surface area contributed by atoms with Crippen molar-refractivity contribution in [3.8, 4) is 0 Å². The molecule has 0 amide bonds. The van der Waals surface area contributed by atoms with Crippen LogP contribution >= 0.6 is 0 Å². The number of hydrogen-bond donors (Lipinski definition) is 1. The summed E-state index contributed by atoms with van der Waals surface area (Å²) in [6.45, 7) is 0. The highest BCUT2D eigenvalue weighted by molar-refractivity contribution is 7.89. The van der Waals surface area contributed by atoms with Crippen LogP contribution in [-0.4, -0.2) is 20.4 Å². The Morgan fingerprint density at radius 1 is 1.07 bits per heavy atom. The van der Waals surface area contributed by atoms with Crippen molar-refractivity contribution >= 4 is 22.0 Å². The van der Waals surface area contributed by atoms with Crippen molar-refractivity contribution in [2.24, 2.45) is 5.14 Å². The number of rotatable bonds is 1. The standard InChI is InChI=1S/C8H5NO5S/c9-15(12,13)4-1-2-5-6(3-4)8(11)14-7(5)10/h1-3H,(H2,9,12,13). The van der Waals surface area contributed by atoms with E-state index in [4.69, 9.17) is 5.14 Å². The first-order chi connectivity index (χ1) is 6.89. The number of nitrogens with two attached hydrogens (primary N) is 1. The number of carbonyl (C=O) groups excluding carboxylic acids is 2. The van der Waals surface area contributed by atoms with E-state index >= 15 is 0 Å². The third-order valence-electron chi connectivity index (χ3n) is 1.94. The molecule has 0 fully saturated rings. The summed E-state index contributed by atoms with van der Waals surface area (Å²) in [5.41, 5.74) is -0.0288. The predicted molar refractivity (Wildman–Crippen MR) is 47.6 cm³/mol. The van der Waals surface area contributed by atoms with E-state index in [0.717, 1.165) is 12.1 Å². The molecule has 0 unspecified atom stereocenters. The maximum Gasteiger partial charge on any atom is 0.346 e. The molecule has 78 valence electrons. The highest BCUT2D eigenvalue weighted by Gasteiger charge is 2.30. The van der Waals surface area contributed by atoms with Gasteiger partial charge in [0.15, 0.2) is 0 Å². The molecule has 1 heterocycles. The zero-order chi connectivity index (χ0) is 11.2. The van der Waals surface area contributed by atoms with Gasteiger partial charge in [-0.15, -0.1) is 0 Å². The first kappa shape index (κ1) is 9.81. The van der Waals surface area contributed by atoms with Gasteiger partial charge < -0.3 is 4.74 Å². The van der Waals surface area contributed by atoms with Crippen molar-refractivity contribution in [3.05, 3.63) is 29.3 Å². The molecule has 15 heavy (non-hydrogen) atoms. The average molecular weight is 227 g/mol. The lowest BCUT2D eigenvalue weighted by Gasteiger charge is -1.98. The Labute approximate surface area is 84.7 Å². The highest BCUT2D eigenvalue weighted by Crippen LogP contribution is 2.22. The summed E-state index contributed by atoms with van der Waals surface area (Å²) in [5, 5.41) is 4.87. The molecule has 0 saturated heterocycles. The Morgan fingerprint density at radius 3 is 2.27 bits per heavy atom. The Kier molecular flexibility index (Phi) is 1.88. The summed E-state index contributed by atoms with van der Waals surface area (Å²) in [6.07, 6.45) is 0. The number of benzene rings is 1. The van der Waals surface area contributed by atoms with Crippen molar-refractivity contribution in [2.45, 2.75) is 4.90 Å². The lowest BCUT2D eigenvalue weighted by molar-refractivity contribution is 0.0444. The molecule has 0 spiro atoms. The first-order valence-corrected chi connectivity index (χ1v) is 5.37. The summed E-state index contributed by atoms with van der Waals surface area (Å²) in [5.74, 6) is -1.64. The fourth-order valence-electron chi connectivity index (χ4n) is 1.24. The molecule has 0 atom stereocenters. The van der Waals surface area contributed by atoms with Gasteiger partial charge in [-0.3, -0.25) is 0 Å². The molecule has 0 saturated carbocycles. The molecule has 1 aromatic carbocycles. The Morgan fingerprint density at radius 2 is 1.67 bits per heavy atom. The number of primary sulfonamides is 1. The van der Waals surface area contributed by atoms with E-state index in [9.17, 15) is 18.0 Å². The van der Waals surface area contributed by atoms with Gasteiger partial charge in [0.2, 0.25) is 10.0 Å². The van der Waals surface area contributed by atoms with Crippen LogP contribution in [0.2, 0.25) is 0 Å². The van der Waals surface area contributed by atoms with Gasteiger partial charge in [-0.05, 0) is 18.2 Å². The zero-order valence-corrected chi connectivity index (χ0v) is 8.08. The lowest BCUT2D eigenvalue weighted by Crippen LogP contribution is -2.12. The molecule has 7 heteroatoms. The summed E-state index contributed by atoms with van der Waals surface area (Å²) in [4.78, 5) is 21.9. The minimum absolute atomic E-state index is 0.0485. The minimum Gasteiger partial charge on any atom is -0.386 e. The SMILES string of the molecule is NS(=O)(=O)c1ccc2c(c1)C(=O)OC2=O. The molecule has 1 aliphatic rings. The average Bonchev–Trinajstić information content (AvgIpc) is 2.41. The molecule has 0 aliphatic carbocycles. The Bertz CT molecular complexity index is 575. The third kappa shape index (κ3) is 1.51. The molecule has 0 aromatic heterocycles. The molecular weight excluding hydrogens is 222 g/mol. The molecule has 6 nitrogen and oxygen atoms in total. The van der Waals surface area contributed by atoms with E-state index in [-0.39, 0.29) is 16.0 Å². The third-order valence-corrected chi connectivity index (χ3v) is 2.86. The zero-order valence-electron chi connectivity index (χ0n) is 7.26. The quantitative estimate of drug-likeness (QED) is 0.521. The first-order valence-electron chi connectivity index (χ1n) is 3.83. The fraction of sp³-hybridized carbons (Fsp3) is 0. The van der Waals surface area contributed by atoms with Crippen LogP contribution in [0.5, 0.6) is 0 Å². The largest absolute Gasteiger partial charge is 0.386 e. The molecule has 1 aliphatic heterocycles. The second-order valence-corrected chi connectivity index (χ2v) is 4.49. The number of fused-ring (bicyclic) bond motifs is 1. The maximum atomic E-state index is 11.1. The lowest BCUT2D eigenvalue weighted by atomic mass is 10.1. The van der Waals surface area contributed by atoms with Gasteiger partial charge in [0.05, 0.1) is 16.0 Å². The van der Waals surface area contributed by atoms with Gasteiger partial charge in [-0.1, -0.05) is 0 Å². The van der Waals surface area contributed by atoms with E-state index in [0.29, 0.717) is 0 Å². The number of esters is 2. The van der Waals surface area contributed by atoms with E-state index in [1.165, 1.54) is 6.07 Å². The van der Waals surface area contributed by atoms with Crippen molar-refractivity contribution < 1.29 is 22.7 Å². The summed E-state index contributed by atoms with van der Waals surface area (Å²) < 4.78 is 26.2. The van der Waals surface area contributed by atoms with Crippen LogP contribution in [0.1, 0.15) is 20.7 Å². The van der Waals surface area contributed by atoms with Gasteiger partial charge in [0.1, 0.15) is 0 Å². The summed E-state index contributed by atoms with van der Waals surface area (Å²) in [6, 6.07) is 3.37. The number of hydrogen-bond acceptors (Lipinski definition) is 5. The number of cyclic esters (lactones) is 2. The predicted octanol–water partition coefficient (Wildman–Crippen LogP) is -0.355. The Balaban J connectivity index is 2.67. The van der Waals surface area contributed by atoms with Crippen molar-refractivity contribution in [1.82, 2.24) is 0 Å². The molecule has 0 radical (unpaired) electrons. The molecule has 0 bridgehead atoms. The van der Waals surface area contributed by atoms with Crippen LogP contribution in [-0.2, 0) is 14.8 Å². The van der Waals surface area contributed by atoms with Crippen LogP contribution in [0.3, 0.4) is 0 Å². The monoisotopic (exact) mass is 227 g/mol. The fourth-order valence-corrected chi connectivity index (χ4v) is 1.78. The van der Waals surface area contributed by atoms with Crippen LogP contribution in [0.25, 0.3) is 0 Å². The van der Waals surface area contributed by atoms with Crippen LogP contribution in [0.15, 0.2) is 23.1 Å². The number of ether oxygens (including phenoxy) is 1. The topological polar surface area (TPSA) is 104 Å². The van der Waals surface area contributed by atoms with E-state index in [1.807, 2.05) is 0 Å². The summed E-state index contributed by atoms with van der Waals surface area (Å²) >= 11 is 0. The number of carbonyl (C=O) groups is 2. The number of sulfonamides is 1. The van der Waals surface area contributed by atoms with Gasteiger partial charge in [-0.25, -0.2) is 23.1 Å². The molecular formula is C8H5NO5S. The molecule has 2 N–H and O–H groups in total. The van der Waals surface area contributed by atoms with Gasteiger partial charge >= 0.3 is 11.9 Å². The van der Waals surface area contributed by atoms with E-state index in [1.54, 1.807) is 0 Å². The van der Waals surface area contributed by atoms with Gasteiger partial charge in [-0.2, -0.15) is 0 Å². The smallest absolute Gasteiger partial charge is 0.346 e. The van der Waals surface area contributed by atoms with Crippen molar-refractivity contribution in [2.75, 3.05) is 0 Å². The maximum absolute atomic E-state index is 11.1. The summed E-state index contributed by atoms with van der Waals surface area (Å²) in [7, 11) is -3.88. The van der Waals surface area contributed by atoms with Gasteiger partial charge in [0.25, 0.3) is 0 Å². The normalized spacial score (nSPS) is 15.0. The van der Waals surface area contributed by atoms with Crippen LogP contribution < -0.4 is 5.14 Å². The second-order valence-electron chi connectivity index (χ2n) is 2.93. The Hall–Kier alpha value is -1.73. The van der Waals surface area contributed by atoms with Crippen LogP contribution in [0.4, 0.5) is 0 Å². The van der Waals surface area contributed by atoms with Crippen LogP contribution in [0, 0.1) is 0 Å². The highest BCUT2D eigenvalue weighted by atomic mass is 32.2. The van der Waals surface area contributed by atoms with Gasteiger partial charge in [0, 0.05) is 0 Å². The van der Waals surface area contributed by atoms with E-state index in [2.05, 4.69) is 4.74 Å². The van der Waals surface area contributed by atoms with Crippen molar-refractivity contribution in [1.29, 1.82) is 0 Å². The second kappa shape index (κ2) is 2.88.